The minimum Gasteiger partial charge on any atom is -0.264 e. The van der Waals surface area contributed by atoms with E-state index in [1.807, 2.05) is 36.4 Å². The highest BCUT2D eigenvalue weighted by Crippen LogP contribution is 2.26. The van der Waals surface area contributed by atoms with Crippen LogP contribution in [0.3, 0.4) is 0 Å². The Morgan fingerprint density at radius 2 is 2.10 bits per heavy atom. The Labute approximate surface area is 134 Å². The van der Waals surface area contributed by atoms with Crippen LogP contribution < -0.4 is 0 Å². The van der Waals surface area contributed by atoms with Gasteiger partial charge < -0.3 is 0 Å². The van der Waals surface area contributed by atoms with Gasteiger partial charge in [0.15, 0.2) is 5.82 Å². The van der Waals surface area contributed by atoms with Gasteiger partial charge in [-0.1, -0.05) is 34.1 Å². The Morgan fingerprint density at radius 3 is 2.86 bits per heavy atom. The number of H-pyrrole nitrogens is 1. The molecular weight excluding hydrogens is 350 g/mol. The maximum atomic E-state index is 5.23. The highest BCUT2D eigenvalue weighted by Gasteiger charge is 2.10. The molecule has 0 saturated heterocycles. The summed E-state index contributed by atoms with van der Waals surface area (Å²) < 4.78 is 2.94. The summed E-state index contributed by atoms with van der Waals surface area (Å²) in [4.78, 5) is 4.04. The second kappa shape index (κ2) is 6.11. The van der Waals surface area contributed by atoms with E-state index in [2.05, 4.69) is 36.2 Å². The Kier molecular flexibility index (Phi) is 4.03. The van der Waals surface area contributed by atoms with Crippen molar-refractivity contribution >= 4 is 34.4 Å². The lowest BCUT2D eigenvalue weighted by molar-refractivity contribution is 0.871. The number of nitrogens with zero attached hydrogens (tertiary/aromatic N) is 4. The number of hydrogen-bond donors (Lipinski definition) is 1. The molecule has 0 spiro atoms. The average Bonchev–Trinajstić information content (AvgIpc) is 2.88. The van der Waals surface area contributed by atoms with Gasteiger partial charge in [-0.15, -0.1) is 0 Å². The minimum atomic E-state index is 0.431. The second-order valence-corrected chi connectivity index (χ2v) is 5.42. The van der Waals surface area contributed by atoms with Crippen molar-refractivity contribution in [3.8, 4) is 11.4 Å². The first kappa shape index (κ1) is 13.8. The molecule has 5 nitrogen and oxygen atoms in total. The summed E-state index contributed by atoms with van der Waals surface area (Å²) in [6, 6.07) is 11.5. The van der Waals surface area contributed by atoms with E-state index in [0.29, 0.717) is 10.6 Å². The molecule has 2 heterocycles. The molecule has 2 aromatic heterocycles. The molecule has 104 valence electrons. The topological polar surface area (TPSA) is 58.9 Å². The predicted octanol–water partition coefficient (Wildman–Crippen LogP) is 3.65. The minimum absolute atomic E-state index is 0.431. The SMILES string of the molecule is S=c1[nH]nc(-c2ccccc2Br)n1/N=C\c1cccnc1. The number of nitrogens with one attached hydrogen (secondary N) is 1. The smallest absolute Gasteiger partial charge is 0.216 e. The van der Waals surface area contributed by atoms with Crippen molar-refractivity contribution in [1.82, 2.24) is 19.9 Å². The standard InChI is InChI=1S/C14H10BrN5S/c15-12-6-2-1-5-11(12)13-18-19-14(21)20(13)17-9-10-4-3-7-16-8-10/h1-9H,(H,19,21)/b17-9-. The van der Waals surface area contributed by atoms with Gasteiger partial charge in [-0.2, -0.15) is 14.9 Å². The number of halogens is 1. The zero-order valence-electron chi connectivity index (χ0n) is 10.8. The molecule has 0 fully saturated rings. The molecule has 21 heavy (non-hydrogen) atoms. The lowest BCUT2D eigenvalue weighted by atomic mass is 10.2. The van der Waals surface area contributed by atoms with Crippen molar-refractivity contribution in [2.45, 2.75) is 0 Å². The van der Waals surface area contributed by atoms with Gasteiger partial charge in [0.2, 0.25) is 4.77 Å². The van der Waals surface area contributed by atoms with Crippen molar-refractivity contribution < 1.29 is 0 Å². The fourth-order valence-electron chi connectivity index (χ4n) is 1.79. The summed E-state index contributed by atoms with van der Waals surface area (Å²) in [5.74, 6) is 0.646. The van der Waals surface area contributed by atoms with E-state index in [1.54, 1.807) is 23.3 Å². The lowest BCUT2D eigenvalue weighted by Crippen LogP contribution is -1.95. The first-order valence-electron chi connectivity index (χ1n) is 6.12. The van der Waals surface area contributed by atoms with Gasteiger partial charge in [0, 0.05) is 28.0 Å². The highest BCUT2D eigenvalue weighted by atomic mass is 79.9. The van der Waals surface area contributed by atoms with Crippen LogP contribution in [0.5, 0.6) is 0 Å². The molecule has 0 atom stereocenters. The van der Waals surface area contributed by atoms with Crippen molar-refractivity contribution in [3.63, 3.8) is 0 Å². The van der Waals surface area contributed by atoms with Gasteiger partial charge in [-0.3, -0.25) is 4.98 Å². The van der Waals surface area contributed by atoms with Gasteiger partial charge in [0.05, 0.1) is 6.21 Å². The number of hydrogen-bond acceptors (Lipinski definition) is 4. The first-order chi connectivity index (χ1) is 10.3. The van der Waals surface area contributed by atoms with Crippen LogP contribution in [-0.2, 0) is 0 Å². The molecule has 0 aliphatic heterocycles. The van der Waals surface area contributed by atoms with Gasteiger partial charge >= 0.3 is 0 Å². The lowest BCUT2D eigenvalue weighted by Gasteiger charge is -2.03. The van der Waals surface area contributed by atoms with Crippen LogP contribution >= 0.6 is 28.1 Å². The summed E-state index contributed by atoms with van der Waals surface area (Å²) in [5, 5.41) is 11.4. The average molecular weight is 360 g/mol. The molecule has 3 aromatic rings. The molecule has 7 heteroatoms. The predicted molar refractivity (Wildman–Crippen MR) is 87.8 cm³/mol. The maximum absolute atomic E-state index is 5.23. The molecule has 0 saturated carbocycles. The summed E-state index contributed by atoms with van der Waals surface area (Å²) in [6.45, 7) is 0. The second-order valence-electron chi connectivity index (χ2n) is 4.17. The largest absolute Gasteiger partial charge is 0.264 e. The molecule has 0 aliphatic carbocycles. The van der Waals surface area contributed by atoms with Crippen LogP contribution in [0.25, 0.3) is 11.4 Å². The van der Waals surface area contributed by atoms with Crippen LogP contribution in [0.4, 0.5) is 0 Å². The van der Waals surface area contributed by atoms with Crippen molar-refractivity contribution in [3.05, 3.63) is 63.6 Å². The third kappa shape index (κ3) is 2.98. The molecule has 1 aromatic carbocycles. The first-order valence-corrected chi connectivity index (χ1v) is 7.32. The van der Waals surface area contributed by atoms with Crippen molar-refractivity contribution in [2.24, 2.45) is 5.10 Å². The molecular formula is C14H10BrN5S. The normalized spacial score (nSPS) is 11.1. The van der Waals surface area contributed by atoms with E-state index in [0.717, 1.165) is 15.6 Å². The molecule has 0 bridgehead atoms. The summed E-state index contributed by atoms with van der Waals surface area (Å²) in [7, 11) is 0. The van der Waals surface area contributed by atoms with Gasteiger partial charge in [0.1, 0.15) is 0 Å². The van der Waals surface area contributed by atoms with Crippen LogP contribution in [0.1, 0.15) is 5.56 Å². The van der Waals surface area contributed by atoms with Crippen LogP contribution in [-0.4, -0.2) is 26.1 Å². The van der Waals surface area contributed by atoms with Crippen LogP contribution in [0.15, 0.2) is 58.4 Å². The molecule has 0 aliphatic rings. The van der Waals surface area contributed by atoms with Crippen molar-refractivity contribution in [1.29, 1.82) is 0 Å². The zero-order chi connectivity index (χ0) is 14.7. The maximum Gasteiger partial charge on any atom is 0.216 e. The molecule has 0 radical (unpaired) electrons. The Balaban J connectivity index is 2.05. The van der Waals surface area contributed by atoms with E-state index < -0.39 is 0 Å². The fraction of sp³-hybridized carbons (Fsp3) is 0. The zero-order valence-corrected chi connectivity index (χ0v) is 13.2. The van der Waals surface area contributed by atoms with E-state index >= 15 is 0 Å². The number of aromatic nitrogens is 4. The van der Waals surface area contributed by atoms with Crippen LogP contribution in [0, 0.1) is 4.77 Å². The number of aromatic amines is 1. The third-order valence-electron chi connectivity index (χ3n) is 2.77. The Hall–Kier alpha value is -2.12. The van der Waals surface area contributed by atoms with E-state index in [-0.39, 0.29) is 0 Å². The molecule has 0 unspecified atom stereocenters. The van der Waals surface area contributed by atoms with Gasteiger partial charge in [0.25, 0.3) is 0 Å². The molecule has 3 rings (SSSR count). The monoisotopic (exact) mass is 359 g/mol. The van der Waals surface area contributed by atoms with Gasteiger partial charge in [-0.25, -0.2) is 5.10 Å². The Bertz CT molecular complexity index is 838. The van der Waals surface area contributed by atoms with E-state index in [9.17, 15) is 0 Å². The van der Waals surface area contributed by atoms with Crippen molar-refractivity contribution in [2.75, 3.05) is 0 Å². The number of benzene rings is 1. The number of pyridine rings is 1. The van der Waals surface area contributed by atoms with E-state index in [4.69, 9.17) is 12.2 Å². The van der Waals surface area contributed by atoms with E-state index in [1.165, 1.54) is 0 Å². The quantitative estimate of drug-likeness (QED) is 0.573. The summed E-state index contributed by atoms with van der Waals surface area (Å²) in [5.41, 5.74) is 1.80. The van der Waals surface area contributed by atoms with Crippen LogP contribution in [0.2, 0.25) is 0 Å². The third-order valence-corrected chi connectivity index (χ3v) is 3.73. The summed E-state index contributed by atoms with van der Waals surface area (Å²) in [6.07, 6.45) is 5.14. The molecule has 0 amide bonds. The Morgan fingerprint density at radius 1 is 1.24 bits per heavy atom. The summed E-state index contributed by atoms with van der Waals surface area (Å²) >= 11 is 8.74. The number of rotatable bonds is 3. The fourth-order valence-corrected chi connectivity index (χ4v) is 2.43. The van der Waals surface area contributed by atoms with Gasteiger partial charge in [-0.05, 0) is 30.4 Å². The highest BCUT2D eigenvalue weighted by molar-refractivity contribution is 9.10. The molecule has 1 N–H and O–H groups in total.